The van der Waals surface area contributed by atoms with Gasteiger partial charge >= 0.3 is 6.18 Å². The van der Waals surface area contributed by atoms with Crippen LogP contribution in [0.25, 0.3) is 0 Å². The normalized spacial score (nSPS) is 30.8. The highest BCUT2D eigenvalue weighted by atomic mass is 19.4. The molecule has 0 spiro atoms. The van der Waals surface area contributed by atoms with Crippen molar-refractivity contribution in [3.05, 3.63) is 35.1 Å². The van der Waals surface area contributed by atoms with Crippen molar-refractivity contribution in [3.63, 3.8) is 0 Å². The molecule has 0 bridgehead atoms. The average molecular weight is 378 g/mol. The summed E-state index contributed by atoms with van der Waals surface area (Å²) in [5, 5.41) is 25.7. The molecule has 2 aliphatic heterocycles. The van der Waals surface area contributed by atoms with E-state index in [1.807, 2.05) is 0 Å². The van der Waals surface area contributed by atoms with Crippen molar-refractivity contribution in [1.82, 2.24) is 21.1 Å². The molecule has 0 aromatic heterocycles. The molecule has 5 N–H and O–H groups in total. The lowest BCUT2D eigenvalue weighted by molar-refractivity contribution is -0.140. The van der Waals surface area contributed by atoms with Crippen LogP contribution in [0, 0.1) is 11.7 Å². The first-order valence-corrected chi connectivity index (χ1v) is 7.90. The Balaban J connectivity index is 1.88. The van der Waals surface area contributed by atoms with Crippen molar-refractivity contribution in [2.75, 3.05) is 6.61 Å². The smallest absolute Gasteiger partial charge is 0.395 e. The van der Waals surface area contributed by atoms with Crippen LogP contribution in [-0.4, -0.2) is 46.3 Å². The van der Waals surface area contributed by atoms with Gasteiger partial charge in [0.1, 0.15) is 5.82 Å². The summed E-state index contributed by atoms with van der Waals surface area (Å²) >= 11 is 0. The second kappa shape index (κ2) is 6.74. The largest absolute Gasteiger partial charge is 0.419 e. The number of fused-ring (bicyclic) bond motifs is 1. The van der Waals surface area contributed by atoms with E-state index in [2.05, 4.69) is 16.1 Å². The van der Waals surface area contributed by atoms with Crippen LogP contribution >= 0.6 is 0 Å². The Morgan fingerprint density at radius 2 is 2.04 bits per heavy atom. The zero-order chi connectivity index (χ0) is 19.2. The minimum absolute atomic E-state index is 0.239. The molecule has 26 heavy (non-hydrogen) atoms. The number of aliphatic hydroxyl groups excluding tert-OH is 2. The third-order valence-electron chi connectivity index (χ3n) is 4.69. The van der Waals surface area contributed by atoms with Gasteiger partial charge in [-0.3, -0.25) is 10.1 Å². The first-order valence-electron chi connectivity index (χ1n) is 7.90. The molecule has 1 amide bonds. The first kappa shape index (κ1) is 19.0. The van der Waals surface area contributed by atoms with Crippen LogP contribution in [0.2, 0.25) is 0 Å². The number of hydrogen-bond acceptors (Lipinski definition) is 6. The molecule has 2 saturated heterocycles. The van der Waals surface area contributed by atoms with E-state index in [4.69, 9.17) is 0 Å². The number of aliphatic hydroxyl groups is 2. The zero-order valence-corrected chi connectivity index (χ0v) is 13.6. The molecule has 0 aliphatic carbocycles. The van der Waals surface area contributed by atoms with Crippen LogP contribution < -0.4 is 16.1 Å². The van der Waals surface area contributed by atoms with Crippen molar-refractivity contribution in [1.29, 1.82) is 0 Å². The number of carbonyl (C=O) groups is 1. The number of halogens is 4. The van der Waals surface area contributed by atoms with Gasteiger partial charge in [-0.15, -0.1) is 0 Å². The predicted molar refractivity (Wildman–Crippen MR) is 80.2 cm³/mol. The van der Waals surface area contributed by atoms with E-state index in [1.54, 1.807) is 6.92 Å². The van der Waals surface area contributed by atoms with Crippen LogP contribution in [0.4, 0.5) is 17.6 Å². The fourth-order valence-corrected chi connectivity index (χ4v) is 3.38. The summed E-state index contributed by atoms with van der Waals surface area (Å²) in [4.78, 5) is 12.1. The third-order valence-corrected chi connectivity index (χ3v) is 4.69. The maximum absolute atomic E-state index is 13.9. The van der Waals surface area contributed by atoms with Crippen molar-refractivity contribution in [3.8, 4) is 0 Å². The van der Waals surface area contributed by atoms with Crippen molar-refractivity contribution >= 4 is 5.91 Å². The van der Waals surface area contributed by atoms with Gasteiger partial charge in [0, 0.05) is 6.04 Å². The Kier molecular flexibility index (Phi) is 4.92. The highest BCUT2D eigenvalue weighted by Gasteiger charge is 2.50. The molecular formula is C15H18F4N4O3. The van der Waals surface area contributed by atoms with Crippen molar-refractivity contribution < 1.29 is 32.6 Å². The summed E-state index contributed by atoms with van der Waals surface area (Å²) in [6.07, 6.45) is -6.85. The van der Waals surface area contributed by atoms with Gasteiger partial charge in [-0.1, -0.05) is 6.07 Å². The summed E-state index contributed by atoms with van der Waals surface area (Å²) in [5.74, 6) is -2.63. The summed E-state index contributed by atoms with van der Waals surface area (Å²) in [6, 6.07) is 1.28. The number of rotatable bonds is 3. The van der Waals surface area contributed by atoms with Gasteiger partial charge in [0.25, 0.3) is 0 Å². The lowest BCUT2D eigenvalue weighted by atomic mass is 9.96. The summed E-state index contributed by atoms with van der Waals surface area (Å²) in [7, 11) is 0. The third kappa shape index (κ3) is 3.28. The zero-order valence-electron chi connectivity index (χ0n) is 13.6. The number of amides is 1. The molecule has 3 rings (SSSR count). The highest BCUT2D eigenvalue weighted by molar-refractivity contribution is 5.81. The maximum atomic E-state index is 13.9. The molecule has 7 nitrogen and oxygen atoms in total. The number of nitrogens with one attached hydrogen (secondary N) is 3. The number of nitrogens with zero attached hydrogens (tertiary/aromatic N) is 1. The molecule has 2 fully saturated rings. The fraction of sp³-hybridized carbons (Fsp3) is 0.533. The Morgan fingerprint density at radius 3 is 2.62 bits per heavy atom. The van der Waals surface area contributed by atoms with Crippen LogP contribution in [0.15, 0.2) is 18.2 Å². The lowest BCUT2D eigenvalue weighted by Gasteiger charge is -2.37. The Labute approximate surface area is 145 Å². The number of alkyl halides is 3. The molecule has 5 atom stereocenters. The molecule has 1 aromatic rings. The Hall–Kier alpha value is -1.79. The van der Waals surface area contributed by atoms with Crippen molar-refractivity contribution in [2.24, 2.45) is 5.92 Å². The van der Waals surface area contributed by atoms with E-state index < -0.39 is 54.0 Å². The van der Waals surface area contributed by atoms with E-state index >= 15 is 0 Å². The average Bonchev–Trinajstić information content (AvgIpc) is 2.91. The molecule has 0 saturated carbocycles. The van der Waals surface area contributed by atoms with E-state index in [0.717, 1.165) is 12.1 Å². The van der Waals surface area contributed by atoms with Gasteiger partial charge in [-0.2, -0.15) is 13.2 Å². The topological polar surface area (TPSA) is 96.9 Å². The molecule has 4 unspecified atom stereocenters. The summed E-state index contributed by atoms with van der Waals surface area (Å²) < 4.78 is 52.0. The quantitative estimate of drug-likeness (QED) is 0.476. The minimum atomic E-state index is -4.79. The van der Waals surface area contributed by atoms with E-state index in [9.17, 15) is 32.6 Å². The van der Waals surface area contributed by atoms with Gasteiger partial charge < -0.3 is 15.5 Å². The monoisotopic (exact) mass is 378 g/mol. The lowest BCUT2D eigenvalue weighted by Crippen LogP contribution is -2.64. The van der Waals surface area contributed by atoms with Gasteiger partial charge in [0.05, 0.1) is 30.3 Å². The van der Waals surface area contributed by atoms with Crippen molar-refractivity contribution in [2.45, 2.75) is 37.7 Å². The van der Waals surface area contributed by atoms with Gasteiger partial charge in [0.2, 0.25) is 5.91 Å². The van der Waals surface area contributed by atoms with Crippen LogP contribution in [0.3, 0.4) is 0 Å². The molecule has 1 aromatic carbocycles. The fourth-order valence-electron chi connectivity index (χ4n) is 3.38. The molecule has 11 heteroatoms. The number of benzene rings is 1. The van der Waals surface area contributed by atoms with Crippen LogP contribution in [-0.2, 0) is 11.0 Å². The van der Waals surface area contributed by atoms with Gasteiger partial charge in [-0.05, 0) is 24.6 Å². The van der Waals surface area contributed by atoms with Gasteiger partial charge in [-0.25, -0.2) is 14.8 Å². The Morgan fingerprint density at radius 1 is 1.35 bits per heavy atom. The number of carbonyl (C=O) groups excluding carboxylic acids is 1. The molecular weight excluding hydrogens is 360 g/mol. The maximum Gasteiger partial charge on any atom is 0.419 e. The second-order valence-corrected chi connectivity index (χ2v) is 6.29. The number of hydrazine groups is 1. The first-order chi connectivity index (χ1) is 12.1. The van der Waals surface area contributed by atoms with Crippen LogP contribution in [0.1, 0.15) is 24.1 Å². The summed E-state index contributed by atoms with van der Waals surface area (Å²) in [5.41, 5.74) is 1.78. The van der Waals surface area contributed by atoms with E-state index in [0.29, 0.717) is 6.07 Å². The van der Waals surface area contributed by atoms with E-state index in [1.165, 1.54) is 5.01 Å². The summed E-state index contributed by atoms with van der Waals surface area (Å²) in [6.45, 7) is 1.23. The van der Waals surface area contributed by atoms with Gasteiger partial charge in [0.15, 0.2) is 6.35 Å². The molecule has 2 heterocycles. The van der Waals surface area contributed by atoms with Crippen LogP contribution in [0.5, 0.6) is 0 Å². The molecule has 2 aliphatic rings. The standard InChI is InChI=1S/C15H18F4N4O3/c1-6(7-2-3-8(9(16)4-7)15(17,18)19)23-12-11(10(5-24)22-23)13(25)21-14(26)20-12/h2-4,6,10-12,14,20,22,24,26H,5H2,1H3,(H,21,25)/t6-,10?,11?,12?,14?/m1/s1. The van der Waals surface area contributed by atoms with E-state index in [-0.39, 0.29) is 12.2 Å². The number of hydrogen-bond donors (Lipinski definition) is 5. The second-order valence-electron chi connectivity index (χ2n) is 6.29. The Bertz CT molecular complexity index is 702. The molecule has 144 valence electrons. The highest BCUT2D eigenvalue weighted by Crippen LogP contribution is 2.35. The minimum Gasteiger partial charge on any atom is -0.395 e. The predicted octanol–water partition coefficient (Wildman–Crippen LogP) is 0.0242. The SMILES string of the molecule is C[C@H](c1ccc(C(F)(F)F)c(F)c1)N1NC(CO)C2C(=O)NC(O)NC21. The molecule has 0 radical (unpaired) electrons.